The van der Waals surface area contributed by atoms with Crippen LogP contribution in [0, 0.1) is 6.92 Å². The maximum atomic E-state index is 14.1. The smallest absolute Gasteiger partial charge is 0.335 e. The standard InChI is InChI=1S/C32H28N4O8/c1-19-26(18-20-2-8-23(9-3-20)34(14-16-37)15-17-38)29(39)35(24-10-4-21(5-11-24)31(41)42)28-27(19)30(40)36(33-28)25-12-6-22(7-13-25)32(43)44/h2-13,18,37-38H,14-17H2,1H3,(H,41,42)(H,43,44)/b26-18-. The number of aliphatic hydroxyl groups is 2. The molecule has 224 valence electrons. The summed E-state index contributed by atoms with van der Waals surface area (Å²) in [7, 11) is 0. The Balaban J connectivity index is 1.69. The van der Waals surface area contributed by atoms with E-state index < -0.39 is 23.4 Å². The number of pyridine rings is 1. The highest BCUT2D eigenvalue weighted by Crippen LogP contribution is 2.22. The van der Waals surface area contributed by atoms with Gasteiger partial charge < -0.3 is 25.3 Å². The molecule has 0 atom stereocenters. The van der Waals surface area contributed by atoms with Gasteiger partial charge in [-0.05, 0) is 84.8 Å². The molecule has 0 saturated heterocycles. The first-order chi connectivity index (χ1) is 21.1. The quantitative estimate of drug-likeness (QED) is 0.211. The molecule has 2 heterocycles. The summed E-state index contributed by atoms with van der Waals surface area (Å²) < 4.78 is 1.25. The number of carbonyl (C=O) groups is 3. The number of hydrogen-bond acceptors (Lipinski definition) is 8. The highest BCUT2D eigenvalue weighted by atomic mass is 16.4. The number of anilines is 2. The lowest BCUT2D eigenvalue weighted by Crippen LogP contribution is -2.45. The third-order valence-corrected chi connectivity index (χ3v) is 7.29. The monoisotopic (exact) mass is 596 g/mol. The molecule has 12 heteroatoms. The van der Waals surface area contributed by atoms with E-state index in [-0.39, 0.29) is 40.6 Å². The van der Waals surface area contributed by atoms with Crippen molar-refractivity contribution in [2.24, 2.45) is 5.10 Å². The zero-order chi connectivity index (χ0) is 31.5. The number of hydrogen-bond donors (Lipinski definition) is 4. The minimum absolute atomic E-state index is 0.0158. The number of carboxylic acids is 2. The van der Waals surface area contributed by atoms with Crippen molar-refractivity contribution in [2.45, 2.75) is 6.92 Å². The van der Waals surface area contributed by atoms with Gasteiger partial charge in [0.2, 0.25) is 0 Å². The Morgan fingerprint density at radius 3 is 1.82 bits per heavy atom. The van der Waals surface area contributed by atoms with E-state index in [1.807, 2.05) is 4.90 Å². The normalized spacial score (nSPS) is 12.7. The average Bonchev–Trinajstić information content (AvgIpc) is 3.36. The number of aliphatic hydroxyl groups excluding tert-OH is 2. The van der Waals surface area contributed by atoms with Crippen LogP contribution in [0.5, 0.6) is 0 Å². The molecule has 5 rings (SSSR count). The minimum atomic E-state index is -1.14. The molecule has 4 aromatic rings. The van der Waals surface area contributed by atoms with Crippen LogP contribution in [0.1, 0.15) is 42.2 Å². The molecular formula is C32H28N4O8. The molecule has 0 radical (unpaired) electrons. The Morgan fingerprint density at radius 2 is 1.32 bits per heavy atom. The second-order valence-corrected chi connectivity index (χ2v) is 9.97. The van der Waals surface area contributed by atoms with Crippen molar-refractivity contribution in [1.82, 2.24) is 4.57 Å². The summed E-state index contributed by atoms with van der Waals surface area (Å²) in [5, 5.41) is 43.1. The first kappa shape index (κ1) is 29.9. The molecule has 1 aliphatic rings. The lowest BCUT2D eigenvalue weighted by Gasteiger charge is -2.22. The van der Waals surface area contributed by atoms with Crippen molar-refractivity contribution in [1.29, 1.82) is 0 Å². The van der Waals surface area contributed by atoms with Crippen LogP contribution in [0.25, 0.3) is 11.8 Å². The van der Waals surface area contributed by atoms with Gasteiger partial charge in [-0.15, -0.1) is 5.10 Å². The zero-order valence-electron chi connectivity index (χ0n) is 23.5. The van der Waals surface area contributed by atoms with E-state index in [9.17, 15) is 39.6 Å². The van der Waals surface area contributed by atoms with Gasteiger partial charge in [0.15, 0.2) is 5.49 Å². The van der Waals surface area contributed by atoms with Crippen LogP contribution in [0.2, 0.25) is 0 Å². The average molecular weight is 597 g/mol. The summed E-state index contributed by atoms with van der Waals surface area (Å²) in [4.78, 5) is 52.4. The number of benzene rings is 3. The fourth-order valence-corrected chi connectivity index (χ4v) is 5.03. The predicted octanol–water partition coefficient (Wildman–Crippen LogP) is 1.36. The van der Waals surface area contributed by atoms with Gasteiger partial charge in [-0.25, -0.2) is 9.59 Å². The van der Waals surface area contributed by atoms with Crippen molar-refractivity contribution >= 4 is 35.3 Å². The van der Waals surface area contributed by atoms with E-state index in [0.717, 1.165) is 10.7 Å². The van der Waals surface area contributed by atoms with Gasteiger partial charge in [0.05, 0.1) is 41.3 Å². The molecule has 1 aliphatic heterocycles. The molecule has 1 amide bonds. The number of rotatable bonds is 10. The van der Waals surface area contributed by atoms with E-state index in [2.05, 4.69) is 5.10 Å². The molecule has 1 aromatic heterocycles. The number of aromatic carboxylic acids is 2. The van der Waals surface area contributed by atoms with Crippen LogP contribution in [-0.4, -0.2) is 69.1 Å². The molecule has 3 aromatic carbocycles. The van der Waals surface area contributed by atoms with E-state index in [1.165, 1.54) is 53.1 Å². The Morgan fingerprint density at radius 1 is 0.795 bits per heavy atom. The molecule has 0 aliphatic carbocycles. The molecule has 12 nitrogen and oxygen atoms in total. The third kappa shape index (κ3) is 5.59. The lowest BCUT2D eigenvalue weighted by atomic mass is 10.0. The Labute approximate surface area is 250 Å². The van der Waals surface area contributed by atoms with Crippen molar-refractivity contribution < 1.29 is 34.8 Å². The van der Waals surface area contributed by atoms with Crippen LogP contribution in [0.15, 0.2) is 82.7 Å². The van der Waals surface area contributed by atoms with E-state index >= 15 is 0 Å². The van der Waals surface area contributed by atoms with Crippen LogP contribution in [0.3, 0.4) is 0 Å². The largest absolute Gasteiger partial charge is 0.478 e. The Hall–Kier alpha value is -5.59. The molecule has 0 bridgehead atoms. The lowest BCUT2D eigenvalue weighted by molar-refractivity contribution is 0.0686. The van der Waals surface area contributed by atoms with Crippen LogP contribution < -0.4 is 26.2 Å². The van der Waals surface area contributed by atoms with Gasteiger partial charge in [-0.2, -0.15) is 5.01 Å². The maximum Gasteiger partial charge on any atom is 0.335 e. The highest BCUT2D eigenvalue weighted by Gasteiger charge is 2.31. The third-order valence-electron chi connectivity index (χ3n) is 7.29. The van der Waals surface area contributed by atoms with Crippen LogP contribution in [0.4, 0.5) is 11.4 Å². The summed E-state index contributed by atoms with van der Waals surface area (Å²) >= 11 is 0. The fraction of sp³-hybridized carbons (Fsp3) is 0.156. The van der Waals surface area contributed by atoms with Crippen molar-refractivity contribution in [3.8, 4) is 5.69 Å². The number of aromatic nitrogens is 1. The molecule has 0 unspecified atom stereocenters. The van der Waals surface area contributed by atoms with E-state index in [0.29, 0.717) is 35.6 Å². The summed E-state index contributed by atoms with van der Waals surface area (Å²) in [5.74, 6) is -2.78. The summed E-state index contributed by atoms with van der Waals surface area (Å²) in [5.41, 5.74) is 2.17. The summed E-state index contributed by atoms with van der Waals surface area (Å²) in [6.45, 7) is 2.14. The van der Waals surface area contributed by atoms with Crippen LogP contribution >= 0.6 is 0 Å². The van der Waals surface area contributed by atoms with Crippen molar-refractivity contribution in [3.63, 3.8) is 0 Å². The summed E-state index contributed by atoms with van der Waals surface area (Å²) in [6.07, 6.45) is 1.64. The predicted molar refractivity (Wildman–Crippen MR) is 161 cm³/mol. The summed E-state index contributed by atoms with van der Waals surface area (Å²) in [6, 6.07) is 18.3. The Kier molecular flexibility index (Phi) is 8.38. The van der Waals surface area contributed by atoms with Crippen molar-refractivity contribution in [3.05, 3.63) is 122 Å². The zero-order valence-corrected chi connectivity index (χ0v) is 23.5. The highest BCUT2D eigenvalue weighted by molar-refractivity contribution is 6.08. The minimum Gasteiger partial charge on any atom is -0.478 e. The van der Waals surface area contributed by atoms with Gasteiger partial charge in [-0.1, -0.05) is 12.1 Å². The SMILES string of the molecule is Cc1c2c(n(-c3ccc(C(=O)O)cc3)c(=O)/c1=C\c1ccc(N(CCO)CCO)cc1)=NN(c1ccc(C(=O)O)cc1)C2=O. The maximum absolute atomic E-state index is 14.1. The van der Waals surface area contributed by atoms with Gasteiger partial charge in [0.25, 0.3) is 11.5 Å². The molecular weight excluding hydrogens is 568 g/mol. The van der Waals surface area contributed by atoms with Gasteiger partial charge in [0.1, 0.15) is 0 Å². The van der Waals surface area contributed by atoms with E-state index in [4.69, 9.17) is 0 Å². The van der Waals surface area contributed by atoms with Gasteiger partial charge >= 0.3 is 11.9 Å². The molecule has 0 fully saturated rings. The van der Waals surface area contributed by atoms with Crippen LogP contribution in [-0.2, 0) is 0 Å². The first-order valence-corrected chi connectivity index (χ1v) is 13.6. The fourth-order valence-electron chi connectivity index (χ4n) is 5.03. The number of carbonyl (C=O) groups excluding carboxylic acids is 1. The first-order valence-electron chi connectivity index (χ1n) is 13.6. The van der Waals surface area contributed by atoms with Crippen molar-refractivity contribution in [2.75, 3.05) is 36.2 Å². The second kappa shape index (κ2) is 12.3. The number of amides is 1. The molecule has 0 saturated carbocycles. The molecule has 4 N–H and O–H groups in total. The second-order valence-electron chi connectivity index (χ2n) is 9.97. The molecule has 44 heavy (non-hydrogen) atoms. The Bertz CT molecular complexity index is 1930. The van der Waals surface area contributed by atoms with E-state index in [1.54, 1.807) is 37.3 Å². The number of carboxylic acid groups (broad SMARTS) is 2. The molecule has 0 spiro atoms. The number of fused-ring (bicyclic) bond motifs is 1. The van der Waals surface area contributed by atoms with Gasteiger partial charge in [0, 0.05) is 24.0 Å². The topological polar surface area (TPSA) is 173 Å². The number of nitrogens with zero attached hydrogens (tertiary/aromatic N) is 4. The van der Waals surface area contributed by atoms with Gasteiger partial charge in [-0.3, -0.25) is 14.2 Å².